The largest absolute Gasteiger partial charge is 0.475 e. The van der Waals surface area contributed by atoms with E-state index in [4.69, 9.17) is 17.0 Å². The van der Waals surface area contributed by atoms with Crippen LogP contribution in [0.5, 0.6) is 0 Å². The Kier molecular flexibility index (Phi) is 2.94. The van der Waals surface area contributed by atoms with Crippen molar-refractivity contribution in [2.75, 3.05) is 6.26 Å². The third-order valence-corrected chi connectivity index (χ3v) is 4.03. The minimum Gasteiger partial charge on any atom is -0.475 e. The van der Waals surface area contributed by atoms with Crippen molar-refractivity contribution in [3.63, 3.8) is 0 Å². The molecule has 1 nitrogen and oxygen atoms in total. The molecule has 0 spiro atoms. The van der Waals surface area contributed by atoms with Crippen LogP contribution in [-0.2, 0) is 4.74 Å². The third kappa shape index (κ3) is 1.91. The van der Waals surface area contributed by atoms with E-state index in [1.807, 2.05) is 6.26 Å². The summed E-state index contributed by atoms with van der Waals surface area (Å²) in [6.45, 7) is 0. The van der Waals surface area contributed by atoms with Crippen molar-refractivity contribution >= 4 is 28.4 Å². The molecule has 2 aliphatic carbocycles. The van der Waals surface area contributed by atoms with Crippen LogP contribution in [0.15, 0.2) is 12.2 Å². The summed E-state index contributed by atoms with van der Waals surface area (Å²) in [5, 5.41) is 0. The minimum atomic E-state index is 0.365. The van der Waals surface area contributed by atoms with Crippen LogP contribution in [0.1, 0.15) is 19.3 Å². The van der Waals surface area contributed by atoms with Crippen LogP contribution in [0.25, 0.3) is 0 Å². The fourth-order valence-electron chi connectivity index (χ4n) is 2.34. The molecular weight excluding hydrogens is 200 g/mol. The molecular formula is C10H14OS2. The topological polar surface area (TPSA) is 9.23 Å². The van der Waals surface area contributed by atoms with Gasteiger partial charge >= 0.3 is 0 Å². The molecule has 3 heteroatoms. The van der Waals surface area contributed by atoms with E-state index in [-0.39, 0.29) is 0 Å². The Morgan fingerprint density at radius 1 is 1.54 bits per heavy atom. The van der Waals surface area contributed by atoms with E-state index < -0.39 is 0 Å². The van der Waals surface area contributed by atoms with Gasteiger partial charge in [-0.1, -0.05) is 23.9 Å². The second-order valence-electron chi connectivity index (χ2n) is 3.69. The van der Waals surface area contributed by atoms with E-state index in [1.54, 1.807) is 0 Å². The van der Waals surface area contributed by atoms with E-state index in [9.17, 15) is 0 Å². The number of allylic oxidation sites excluding steroid dienone is 1. The number of thiocarbonyl (C=S) groups is 1. The SMILES string of the molecule is CSC(=S)O[C@H]1CC[C@H]2CC=C[C@H]21. The lowest BCUT2D eigenvalue weighted by atomic mass is 9.99. The molecule has 0 radical (unpaired) electrons. The molecule has 2 aliphatic rings. The Morgan fingerprint density at radius 2 is 2.38 bits per heavy atom. The van der Waals surface area contributed by atoms with Gasteiger partial charge in [0.05, 0.1) is 0 Å². The van der Waals surface area contributed by atoms with Crippen LogP contribution in [0, 0.1) is 11.8 Å². The first-order valence-electron chi connectivity index (χ1n) is 4.72. The Hall–Kier alpha value is -0.0200. The highest BCUT2D eigenvalue weighted by Crippen LogP contribution is 2.41. The van der Waals surface area contributed by atoms with Crippen molar-refractivity contribution in [1.29, 1.82) is 0 Å². The molecule has 13 heavy (non-hydrogen) atoms. The summed E-state index contributed by atoms with van der Waals surface area (Å²) in [5.41, 5.74) is 0. The van der Waals surface area contributed by atoms with Crippen molar-refractivity contribution in [3.8, 4) is 0 Å². The van der Waals surface area contributed by atoms with Crippen molar-refractivity contribution in [2.45, 2.75) is 25.4 Å². The second kappa shape index (κ2) is 4.01. The summed E-state index contributed by atoms with van der Waals surface area (Å²) >= 11 is 6.60. The summed E-state index contributed by atoms with van der Waals surface area (Å²) in [5.74, 6) is 1.49. The van der Waals surface area contributed by atoms with Gasteiger partial charge in [-0.3, -0.25) is 0 Å². The Bertz CT molecular complexity index is 237. The van der Waals surface area contributed by atoms with Gasteiger partial charge in [-0.2, -0.15) is 0 Å². The molecule has 0 saturated heterocycles. The van der Waals surface area contributed by atoms with Gasteiger partial charge in [0.2, 0.25) is 4.38 Å². The second-order valence-corrected chi connectivity index (χ2v) is 5.10. The van der Waals surface area contributed by atoms with Crippen molar-refractivity contribution in [1.82, 2.24) is 0 Å². The van der Waals surface area contributed by atoms with Gasteiger partial charge in [-0.15, -0.1) is 0 Å². The Balaban J connectivity index is 1.93. The zero-order valence-corrected chi connectivity index (χ0v) is 9.37. The number of thioether (sulfide) groups is 1. The molecule has 72 valence electrons. The summed E-state index contributed by atoms with van der Waals surface area (Å²) in [7, 11) is 0. The predicted octanol–water partition coefficient (Wildman–Crippen LogP) is 3.01. The van der Waals surface area contributed by atoms with Crippen molar-refractivity contribution in [3.05, 3.63) is 12.2 Å². The molecule has 0 bridgehead atoms. The normalized spacial score (nSPS) is 36.2. The average Bonchev–Trinajstić information content (AvgIpc) is 2.69. The molecule has 0 amide bonds. The number of ether oxygens (including phenoxy) is 1. The lowest BCUT2D eigenvalue weighted by Crippen LogP contribution is -2.19. The first kappa shape index (κ1) is 9.53. The van der Waals surface area contributed by atoms with Crippen LogP contribution >= 0.6 is 24.0 Å². The van der Waals surface area contributed by atoms with E-state index in [0.29, 0.717) is 16.4 Å². The maximum atomic E-state index is 5.72. The molecule has 0 heterocycles. The monoisotopic (exact) mass is 214 g/mol. The zero-order chi connectivity index (χ0) is 9.26. The molecule has 3 atom stereocenters. The Morgan fingerprint density at radius 3 is 3.15 bits per heavy atom. The first-order valence-corrected chi connectivity index (χ1v) is 6.36. The molecule has 0 aliphatic heterocycles. The third-order valence-electron chi connectivity index (χ3n) is 3.01. The molecule has 0 unspecified atom stereocenters. The number of hydrogen-bond acceptors (Lipinski definition) is 3. The summed E-state index contributed by atoms with van der Waals surface area (Å²) in [4.78, 5) is 0. The molecule has 0 aromatic rings. The molecule has 0 aromatic carbocycles. The number of hydrogen-bond donors (Lipinski definition) is 0. The van der Waals surface area contributed by atoms with Gasteiger partial charge in [0, 0.05) is 5.92 Å². The lowest BCUT2D eigenvalue weighted by Gasteiger charge is -2.18. The minimum absolute atomic E-state index is 0.365. The quantitative estimate of drug-likeness (QED) is 0.490. The molecule has 0 N–H and O–H groups in total. The van der Waals surface area contributed by atoms with Gasteiger partial charge < -0.3 is 4.74 Å². The number of fused-ring (bicyclic) bond motifs is 1. The van der Waals surface area contributed by atoms with E-state index >= 15 is 0 Å². The van der Waals surface area contributed by atoms with Gasteiger partial charge in [0.15, 0.2) is 0 Å². The highest BCUT2D eigenvalue weighted by atomic mass is 32.2. The Labute approximate surface area is 88.9 Å². The maximum absolute atomic E-state index is 5.72. The highest BCUT2D eigenvalue weighted by Gasteiger charge is 2.37. The smallest absolute Gasteiger partial charge is 0.219 e. The average molecular weight is 214 g/mol. The van der Waals surface area contributed by atoms with Crippen LogP contribution in [0.3, 0.4) is 0 Å². The molecule has 2 rings (SSSR count). The van der Waals surface area contributed by atoms with Gasteiger partial charge in [-0.05, 0) is 43.7 Å². The summed E-state index contributed by atoms with van der Waals surface area (Å²) in [6, 6.07) is 0. The van der Waals surface area contributed by atoms with Crippen LogP contribution in [0.4, 0.5) is 0 Å². The van der Waals surface area contributed by atoms with Gasteiger partial charge in [0.25, 0.3) is 0 Å². The lowest BCUT2D eigenvalue weighted by molar-refractivity contribution is 0.170. The summed E-state index contributed by atoms with van der Waals surface area (Å²) < 4.78 is 6.42. The standard InChI is InChI=1S/C10H14OS2/c1-13-10(12)11-9-6-5-7-3-2-4-8(7)9/h2,4,7-9H,3,5-6H2,1H3/t7-,8-,9+/m1/s1. The van der Waals surface area contributed by atoms with E-state index in [2.05, 4.69) is 12.2 Å². The summed E-state index contributed by atoms with van der Waals surface area (Å²) in [6.07, 6.45) is 10.7. The van der Waals surface area contributed by atoms with E-state index in [0.717, 1.165) is 5.92 Å². The van der Waals surface area contributed by atoms with Gasteiger partial charge in [-0.25, -0.2) is 0 Å². The highest BCUT2D eigenvalue weighted by molar-refractivity contribution is 8.22. The van der Waals surface area contributed by atoms with Crippen LogP contribution in [0.2, 0.25) is 0 Å². The van der Waals surface area contributed by atoms with Crippen molar-refractivity contribution < 1.29 is 4.74 Å². The van der Waals surface area contributed by atoms with E-state index in [1.165, 1.54) is 31.0 Å². The molecule has 0 aromatic heterocycles. The van der Waals surface area contributed by atoms with Crippen LogP contribution < -0.4 is 0 Å². The fourth-order valence-corrected chi connectivity index (χ4v) is 2.69. The van der Waals surface area contributed by atoms with Gasteiger partial charge in [0.1, 0.15) is 6.10 Å². The predicted molar refractivity (Wildman–Crippen MR) is 61.0 cm³/mol. The first-order chi connectivity index (χ1) is 6.31. The molecule has 1 saturated carbocycles. The van der Waals surface area contributed by atoms with Crippen LogP contribution in [-0.4, -0.2) is 16.7 Å². The number of rotatable bonds is 1. The molecule has 1 fully saturated rings. The van der Waals surface area contributed by atoms with Crippen molar-refractivity contribution in [2.24, 2.45) is 11.8 Å². The zero-order valence-electron chi connectivity index (χ0n) is 7.73. The maximum Gasteiger partial charge on any atom is 0.219 e. The fraction of sp³-hybridized carbons (Fsp3) is 0.700.